The lowest BCUT2D eigenvalue weighted by molar-refractivity contribution is 0.0879. The molecule has 1 amide bonds. The number of carbonyl (C=O) groups is 1. The van der Waals surface area contributed by atoms with E-state index in [1.807, 2.05) is 0 Å². The number of aromatic amines is 1. The van der Waals surface area contributed by atoms with Gasteiger partial charge in [0.25, 0.3) is 5.91 Å². The molecule has 0 atom stereocenters. The van der Waals surface area contributed by atoms with E-state index >= 15 is 0 Å². The molecule has 0 saturated heterocycles. The van der Waals surface area contributed by atoms with Crippen molar-refractivity contribution in [2.75, 3.05) is 39.4 Å². The minimum absolute atomic E-state index is 0.0910. The molecule has 6 heteroatoms. The van der Waals surface area contributed by atoms with Gasteiger partial charge in [0.05, 0.1) is 13.2 Å². The molecule has 22 heavy (non-hydrogen) atoms. The van der Waals surface area contributed by atoms with Crippen LogP contribution >= 0.6 is 0 Å². The van der Waals surface area contributed by atoms with E-state index < -0.39 is 0 Å². The van der Waals surface area contributed by atoms with Crippen molar-refractivity contribution in [3.05, 3.63) is 17.0 Å². The van der Waals surface area contributed by atoms with Crippen molar-refractivity contribution in [3.63, 3.8) is 0 Å². The van der Waals surface area contributed by atoms with Gasteiger partial charge in [0.1, 0.15) is 0 Å². The first-order valence-electron chi connectivity index (χ1n) is 8.40. The molecule has 0 fully saturated rings. The summed E-state index contributed by atoms with van der Waals surface area (Å²) in [5.74, 6) is -0.0910. The van der Waals surface area contributed by atoms with Crippen LogP contribution < -0.4 is 5.32 Å². The number of nitrogens with zero attached hydrogens (tertiary/aromatic N) is 2. The Morgan fingerprint density at radius 1 is 1.27 bits per heavy atom. The van der Waals surface area contributed by atoms with E-state index in [0.29, 0.717) is 25.5 Å². The smallest absolute Gasteiger partial charge is 0.272 e. The average molecular weight is 308 g/mol. The summed E-state index contributed by atoms with van der Waals surface area (Å²) < 4.78 is 5.56. The molecule has 1 aliphatic rings. The van der Waals surface area contributed by atoms with Gasteiger partial charge in [0.2, 0.25) is 0 Å². The lowest BCUT2D eigenvalue weighted by Gasteiger charge is -2.17. The molecular formula is C16H28N4O2. The molecule has 124 valence electrons. The molecule has 0 unspecified atom stereocenters. The monoisotopic (exact) mass is 308 g/mol. The van der Waals surface area contributed by atoms with Gasteiger partial charge in [0, 0.05) is 24.3 Å². The number of carbonyl (C=O) groups excluding carboxylic acids is 1. The molecule has 1 aromatic heterocycles. The molecule has 0 spiro atoms. The standard InChI is InChI=1S/C16H28N4O2/c1-3-20(4-2)10-12-22-11-9-17-16(21)15-13-7-5-6-8-14(13)18-19-15/h3-12H2,1-2H3,(H,17,21)(H,18,19). The summed E-state index contributed by atoms with van der Waals surface area (Å²) in [4.78, 5) is 14.5. The zero-order valence-corrected chi connectivity index (χ0v) is 13.8. The second-order valence-corrected chi connectivity index (χ2v) is 5.63. The SMILES string of the molecule is CCN(CC)CCOCCNC(=O)c1n[nH]c2c1CCCC2. The van der Waals surface area contributed by atoms with Gasteiger partial charge in [-0.3, -0.25) is 9.89 Å². The largest absolute Gasteiger partial charge is 0.378 e. The summed E-state index contributed by atoms with van der Waals surface area (Å²) in [5, 5.41) is 10.1. The predicted molar refractivity (Wildman–Crippen MR) is 86.2 cm³/mol. The van der Waals surface area contributed by atoms with Crippen molar-refractivity contribution in [2.24, 2.45) is 0 Å². The van der Waals surface area contributed by atoms with Gasteiger partial charge in [0.15, 0.2) is 5.69 Å². The molecule has 1 aromatic rings. The number of nitrogens with one attached hydrogen (secondary N) is 2. The molecule has 2 rings (SSSR count). The van der Waals surface area contributed by atoms with Crippen LogP contribution in [0.15, 0.2) is 0 Å². The number of ether oxygens (including phenoxy) is 1. The normalized spacial score (nSPS) is 14.1. The van der Waals surface area contributed by atoms with Crippen LogP contribution in [0.25, 0.3) is 0 Å². The highest BCUT2D eigenvalue weighted by atomic mass is 16.5. The number of likely N-dealkylation sites (N-methyl/N-ethyl adjacent to an activating group) is 1. The van der Waals surface area contributed by atoms with Crippen LogP contribution in [0.3, 0.4) is 0 Å². The van der Waals surface area contributed by atoms with Crippen LogP contribution in [0.2, 0.25) is 0 Å². The Morgan fingerprint density at radius 3 is 2.82 bits per heavy atom. The third-order valence-electron chi connectivity index (χ3n) is 4.25. The first-order chi connectivity index (χ1) is 10.8. The summed E-state index contributed by atoms with van der Waals surface area (Å²) in [7, 11) is 0. The van der Waals surface area contributed by atoms with Crippen molar-refractivity contribution in [3.8, 4) is 0 Å². The van der Waals surface area contributed by atoms with E-state index in [2.05, 4.69) is 34.3 Å². The predicted octanol–water partition coefficient (Wildman–Crippen LogP) is 1.38. The van der Waals surface area contributed by atoms with E-state index in [1.54, 1.807) is 0 Å². The number of rotatable bonds is 9. The average Bonchev–Trinajstić information content (AvgIpc) is 2.98. The van der Waals surface area contributed by atoms with Crippen molar-refractivity contribution in [2.45, 2.75) is 39.5 Å². The van der Waals surface area contributed by atoms with E-state index in [-0.39, 0.29) is 5.91 Å². The van der Waals surface area contributed by atoms with Crippen LogP contribution in [0.5, 0.6) is 0 Å². The van der Waals surface area contributed by atoms with Gasteiger partial charge in [-0.1, -0.05) is 13.8 Å². The van der Waals surface area contributed by atoms with Crippen LogP contribution in [-0.2, 0) is 17.6 Å². The number of fused-ring (bicyclic) bond motifs is 1. The van der Waals surface area contributed by atoms with E-state index in [9.17, 15) is 4.79 Å². The molecule has 0 saturated carbocycles. The molecule has 1 aliphatic carbocycles. The van der Waals surface area contributed by atoms with Crippen molar-refractivity contribution < 1.29 is 9.53 Å². The first-order valence-corrected chi connectivity index (χ1v) is 8.40. The Hall–Kier alpha value is -1.40. The highest BCUT2D eigenvalue weighted by Gasteiger charge is 2.21. The fraction of sp³-hybridized carbons (Fsp3) is 0.750. The molecule has 0 aromatic carbocycles. The highest BCUT2D eigenvalue weighted by Crippen LogP contribution is 2.21. The van der Waals surface area contributed by atoms with Crippen molar-refractivity contribution in [1.29, 1.82) is 0 Å². The van der Waals surface area contributed by atoms with E-state index in [4.69, 9.17) is 4.74 Å². The summed E-state index contributed by atoms with van der Waals surface area (Å²) in [5.41, 5.74) is 2.80. The Balaban J connectivity index is 1.65. The van der Waals surface area contributed by atoms with Crippen LogP contribution in [0, 0.1) is 0 Å². The Labute approximate surface area is 132 Å². The molecule has 1 heterocycles. The number of aryl methyl sites for hydroxylation is 1. The van der Waals surface area contributed by atoms with Crippen LogP contribution in [-0.4, -0.2) is 60.4 Å². The third-order valence-corrected chi connectivity index (χ3v) is 4.25. The van der Waals surface area contributed by atoms with Crippen molar-refractivity contribution >= 4 is 5.91 Å². The maximum Gasteiger partial charge on any atom is 0.272 e. The minimum atomic E-state index is -0.0910. The second kappa shape index (κ2) is 8.90. The minimum Gasteiger partial charge on any atom is -0.378 e. The molecule has 0 bridgehead atoms. The molecule has 6 nitrogen and oxygen atoms in total. The summed E-state index contributed by atoms with van der Waals surface area (Å²) >= 11 is 0. The molecule has 2 N–H and O–H groups in total. The maximum absolute atomic E-state index is 12.2. The zero-order chi connectivity index (χ0) is 15.8. The fourth-order valence-corrected chi connectivity index (χ4v) is 2.82. The Morgan fingerprint density at radius 2 is 2.05 bits per heavy atom. The second-order valence-electron chi connectivity index (χ2n) is 5.63. The van der Waals surface area contributed by atoms with Gasteiger partial charge in [-0.2, -0.15) is 5.10 Å². The van der Waals surface area contributed by atoms with Crippen LogP contribution in [0.1, 0.15) is 48.4 Å². The van der Waals surface area contributed by atoms with E-state index in [0.717, 1.165) is 50.2 Å². The van der Waals surface area contributed by atoms with Gasteiger partial charge in [-0.05, 0) is 38.8 Å². The van der Waals surface area contributed by atoms with Gasteiger partial charge < -0.3 is 15.0 Å². The lowest BCUT2D eigenvalue weighted by Crippen LogP contribution is -2.30. The maximum atomic E-state index is 12.2. The number of hydrogen-bond donors (Lipinski definition) is 2. The summed E-state index contributed by atoms with van der Waals surface area (Å²) in [6, 6.07) is 0. The van der Waals surface area contributed by atoms with E-state index in [1.165, 1.54) is 6.42 Å². The molecular weight excluding hydrogens is 280 g/mol. The summed E-state index contributed by atoms with van der Waals surface area (Å²) in [6.07, 6.45) is 4.27. The Kier molecular flexibility index (Phi) is 6.86. The zero-order valence-electron chi connectivity index (χ0n) is 13.8. The summed E-state index contributed by atoms with van der Waals surface area (Å²) in [6.45, 7) is 9.09. The quantitative estimate of drug-likeness (QED) is 0.676. The number of H-pyrrole nitrogens is 1. The first kappa shape index (κ1) is 17.0. The highest BCUT2D eigenvalue weighted by molar-refractivity contribution is 5.94. The van der Waals surface area contributed by atoms with Gasteiger partial charge >= 0.3 is 0 Å². The molecule has 0 radical (unpaired) electrons. The topological polar surface area (TPSA) is 70.2 Å². The third kappa shape index (κ3) is 4.55. The number of amides is 1. The number of aromatic nitrogens is 2. The lowest BCUT2D eigenvalue weighted by atomic mass is 9.96. The number of hydrogen-bond acceptors (Lipinski definition) is 4. The fourth-order valence-electron chi connectivity index (χ4n) is 2.82. The molecule has 0 aliphatic heterocycles. The van der Waals surface area contributed by atoms with Gasteiger partial charge in [-0.25, -0.2) is 0 Å². The Bertz CT molecular complexity index is 469. The van der Waals surface area contributed by atoms with Crippen molar-refractivity contribution in [1.82, 2.24) is 20.4 Å². The van der Waals surface area contributed by atoms with Gasteiger partial charge in [-0.15, -0.1) is 0 Å². The van der Waals surface area contributed by atoms with Crippen LogP contribution in [0.4, 0.5) is 0 Å².